The summed E-state index contributed by atoms with van der Waals surface area (Å²) in [6.45, 7) is 1.07. The largest absolute Gasteiger partial charge is 0.416 e. The van der Waals surface area contributed by atoms with E-state index in [1.165, 1.54) is 23.1 Å². The molecule has 0 fully saturated rings. The molecular weight excluding hydrogens is 662 g/mol. The summed E-state index contributed by atoms with van der Waals surface area (Å²) in [5.41, 5.74) is -7.42. The first-order chi connectivity index (χ1) is 21.7. The quantitative estimate of drug-likeness (QED) is 0.111. The lowest BCUT2D eigenvalue weighted by atomic mass is 10.0. The minimum atomic E-state index is -5.18. The zero-order valence-corrected chi connectivity index (χ0v) is 24.1. The predicted molar refractivity (Wildman–Crippen MR) is 144 cm³/mol. The monoisotopic (exact) mass is 689 g/mol. The number of nitrogens with zero attached hydrogens (tertiary/aromatic N) is 1. The van der Waals surface area contributed by atoms with Gasteiger partial charge in [0.2, 0.25) is 0 Å². The molecule has 3 aromatic rings. The van der Waals surface area contributed by atoms with Crippen molar-refractivity contribution in [2.24, 2.45) is 0 Å². The van der Waals surface area contributed by atoms with Gasteiger partial charge in [-0.2, -0.15) is 52.7 Å². The van der Waals surface area contributed by atoms with Gasteiger partial charge < -0.3 is 14.6 Å². The fraction of sp³-hybridized carbons (Fsp3) is 0.355. The fourth-order valence-electron chi connectivity index (χ4n) is 4.62. The normalized spacial score (nSPS) is 13.8. The van der Waals surface area contributed by atoms with Crippen molar-refractivity contribution < 1.29 is 67.3 Å². The van der Waals surface area contributed by atoms with E-state index in [0.717, 1.165) is 0 Å². The number of rotatable bonds is 13. The Morgan fingerprint density at radius 2 is 1.02 bits per heavy atom. The third-order valence-corrected chi connectivity index (χ3v) is 6.67. The van der Waals surface area contributed by atoms with E-state index in [1.54, 1.807) is 18.2 Å². The molecule has 0 aromatic heterocycles. The molecule has 3 aromatic carbocycles. The highest BCUT2D eigenvalue weighted by Crippen LogP contribution is 2.39. The van der Waals surface area contributed by atoms with E-state index < -0.39 is 90.2 Å². The Kier molecular flexibility index (Phi) is 12.2. The van der Waals surface area contributed by atoms with Crippen LogP contribution in [0.25, 0.3) is 0 Å². The average molecular weight is 690 g/mol. The van der Waals surface area contributed by atoms with Crippen molar-refractivity contribution in [3.63, 3.8) is 0 Å². The lowest BCUT2D eigenvalue weighted by Crippen LogP contribution is -2.41. The summed E-state index contributed by atoms with van der Waals surface area (Å²) in [4.78, 5) is 1.48. The van der Waals surface area contributed by atoms with Crippen molar-refractivity contribution in [2.45, 2.75) is 50.3 Å². The van der Waals surface area contributed by atoms with Gasteiger partial charge in [-0.05, 0) is 53.1 Å². The van der Waals surface area contributed by atoms with Crippen LogP contribution >= 0.6 is 0 Å². The first-order valence-electron chi connectivity index (χ1n) is 13.5. The van der Waals surface area contributed by atoms with Crippen LogP contribution in [-0.2, 0) is 47.4 Å². The second-order valence-electron chi connectivity index (χ2n) is 10.2. The molecule has 1 N–H and O–H groups in total. The van der Waals surface area contributed by atoms with Gasteiger partial charge in [-0.15, -0.1) is 6.58 Å². The van der Waals surface area contributed by atoms with Gasteiger partial charge in [-0.25, -0.2) is 0 Å². The van der Waals surface area contributed by atoms with Gasteiger partial charge in [-0.1, -0.05) is 36.4 Å². The van der Waals surface area contributed by atoms with Crippen molar-refractivity contribution in [3.8, 4) is 0 Å². The smallest absolute Gasteiger partial charge is 0.395 e. The van der Waals surface area contributed by atoms with Crippen molar-refractivity contribution >= 4 is 0 Å². The number of aliphatic hydroxyl groups is 1. The van der Waals surface area contributed by atoms with Crippen LogP contribution in [0, 0.1) is 0 Å². The second-order valence-corrected chi connectivity index (χ2v) is 10.2. The van der Waals surface area contributed by atoms with E-state index in [4.69, 9.17) is 9.47 Å². The molecule has 3 rings (SSSR count). The van der Waals surface area contributed by atoms with Crippen LogP contribution in [0.3, 0.4) is 0 Å². The van der Waals surface area contributed by atoms with Gasteiger partial charge in [-0.3, -0.25) is 4.90 Å². The van der Waals surface area contributed by atoms with Gasteiger partial charge >= 0.3 is 24.7 Å². The number of ether oxygens (including phenoxy) is 2. The highest BCUT2D eigenvalue weighted by Gasteiger charge is 2.39. The van der Waals surface area contributed by atoms with E-state index in [9.17, 15) is 57.8 Å². The van der Waals surface area contributed by atoms with Gasteiger partial charge in [0.05, 0.1) is 48.1 Å². The molecule has 0 aliphatic heterocycles. The molecular formula is C31H27F12NO3. The number of hydrogen-bond acceptors (Lipinski definition) is 4. The van der Waals surface area contributed by atoms with Crippen LogP contribution in [0.5, 0.6) is 0 Å². The molecule has 4 nitrogen and oxygen atoms in total. The lowest BCUT2D eigenvalue weighted by Gasteiger charge is -2.36. The van der Waals surface area contributed by atoms with Crippen LogP contribution in [0.4, 0.5) is 52.7 Å². The molecule has 0 bridgehead atoms. The average Bonchev–Trinajstić information content (AvgIpc) is 2.97. The fourth-order valence-corrected chi connectivity index (χ4v) is 4.62. The molecule has 0 aliphatic carbocycles. The maximum absolute atomic E-state index is 13.5. The SMILES string of the molecule is C=CCN(CCO)C(c1ccccc1)C(OCc1cc(C(F)(F)F)cc(C(F)(F)F)c1)OCc1cc(C(F)(F)F)cc(C(F)(F)F)c1. The van der Waals surface area contributed by atoms with Crippen molar-refractivity contribution in [1.29, 1.82) is 0 Å². The van der Waals surface area contributed by atoms with E-state index >= 15 is 0 Å². The number of alkyl halides is 12. The zero-order valence-electron chi connectivity index (χ0n) is 24.1. The Labute approximate surface area is 260 Å². The molecule has 1 atom stereocenters. The molecule has 0 saturated heterocycles. The Hall–Kier alpha value is -3.60. The number of aliphatic hydroxyl groups excluding tert-OH is 1. The second kappa shape index (κ2) is 15.1. The molecule has 0 radical (unpaired) electrons. The molecule has 0 amide bonds. The highest BCUT2D eigenvalue weighted by atomic mass is 19.4. The minimum Gasteiger partial charge on any atom is -0.395 e. The van der Waals surface area contributed by atoms with E-state index in [1.807, 2.05) is 0 Å². The molecule has 16 heteroatoms. The van der Waals surface area contributed by atoms with E-state index in [0.29, 0.717) is 29.8 Å². The van der Waals surface area contributed by atoms with Gasteiger partial charge in [0.15, 0.2) is 6.29 Å². The van der Waals surface area contributed by atoms with Crippen LogP contribution < -0.4 is 0 Å². The predicted octanol–water partition coefficient (Wildman–Crippen LogP) is 9.04. The Morgan fingerprint density at radius 3 is 1.34 bits per heavy atom. The Balaban J connectivity index is 2.11. The maximum Gasteiger partial charge on any atom is 0.416 e. The molecule has 0 aliphatic rings. The van der Waals surface area contributed by atoms with Crippen LogP contribution in [0.1, 0.15) is 45.0 Å². The first-order valence-corrected chi connectivity index (χ1v) is 13.5. The number of benzene rings is 3. The molecule has 0 spiro atoms. The summed E-state index contributed by atoms with van der Waals surface area (Å²) < 4.78 is 173. The summed E-state index contributed by atoms with van der Waals surface area (Å²) >= 11 is 0. The highest BCUT2D eigenvalue weighted by molar-refractivity contribution is 5.34. The minimum absolute atomic E-state index is 0.00704. The summed E-state index contributed by atoms with van der Waals surface area (Å²) in [5, 5.41) is 9.70. The molecule has 258 valence electrons. The number of hydrogen-bond donors (Lipinski definition) is 1. The Bertz CT molecular complexity index is 1320. The third-order valence-electron chi connectivity index (χ3n) is 6.67. The summed E-state index contributed by atoms with van der Waals surface area (Å²) in [6, 6.07) is 8.03. The first kappa shape index (κ1) is 37.9. The Morgan fingerprint density at radius 1 is 0.638 bits per heavy atom. The number of halogens is 12. The van der Waals surface area contributed by atoms with Crippen molar-refractivity contribution in [2.75, 3.05) is 19.7 Å². The molecule has 0 saturated carbocycles. The van der Waals surface area contributed by atoms with Crippen LogP contribution in [0.2, 0.25) is 0 Å². The molecule has 1 unspecified atom stereocenters. The van der Waals surface area contributed by atoms with Crippen molar-refractivity contribution in [1.82, 2.24) is 4.90 Å². The zero-order chi connectivity index (χ0) is 35.2. The lowest BCUT2D eigenvalue weighted by molar-refractivity contribution is -0.194. The van der Waals surface area contributed by atoms with Crippen LogP contribution in [0.15, 0.2) is 79.4 Å². The van der Waals surface area contributed by atoms with Gasteiger partial charge in [0.25, 0.3) is 0 Å². The van der Waals surface area contributed by atoms with E-state index in [-0.39, 0.29) is 25.2 Å². The van der Waals surface area contributed by atoms with Crippen LogP contribution in [-0.4, -0.2) is 36.0 Å². The summed E-state index contributed by atoms with van der Waals surface area (Å²) in [6.07, 6.45) is -21.1. The van der Waals surface area contributed by atoms with Gasteiger partial charge in [0.1, 0.15) is 0 Å². The standard InChI is InChI=1S/C31H27F12NO3/c1-2-8-44(9-10-45)26(21-6-4-3-5-7-21)27(46-17-19-11-22(28(32,33)34)15-23(12-19)29(35,36)37)47-18-20-13-24(30(38,39)40)16-25(14-20)31(41,42)43/h2-7,11-16,26-27,45H,1,8-10,17-18H2. The van der Waals surface area contributed by atoms with Crippen molar-refractivity contribution in [3.05, 3.63) is 118 Å². The van der Waals surface area contributed by atoms with Gasteiger partial charge in [0, 0.05) is 13.1 Å². The topological polar surface area (TPSA) is 41.9 Å². The maximum atomic E-state index is 13.5. The molecule has 0 heterocycles. The summed E-state index contributed by atoms with van der Waals surface area (Å²) in [7, 11) is 0. The van der Waals surface area contributed by atoms with E-state index in [2.05, 4.69) is 6.58 Å². The third kappa shape index (κ3) is 10.7. The molecule has 47 heavy (non-hydrogen) atoms. The summed E-state index contributed by atoms with van der Waals surface area (Å²) in [5.74, 6) is 0.